The lowest BCUT2D eigenvalue weighted by atomic mass is 9.99. The van der Waals surface area contributed by atoms with Crippen LogP contribution in [0.3, 0.4) is 0 Å². The number of fused-ring (bicyclic) bond motifs is 2. The number of nitrogens with one attached hydrogen (secondary N) is 1. The molecule has 0 radical (unpaired) electrons. The van der Waals surface area contributed by atoms with E-state index in [9.17, 15) is 9.18 Å². The van der Waals surface area contributed by atoms with Crippen LogP contribution in [-0.2, 0) is 12.1 Å². The second-order valence-corrected chi connectivity index (χ2v) is 7.96. The van der Waals surface area contributed by atoms with E-state index >= 15 is 0 Å². The molecule has 1 N–H and O–H groups in total. The Balaban J connectivity index is 1.59. The van der Waals surface area contributed by atoms with E-state index in [0.717, 1.165) is 5.69 Å². The number of nitrogens with zero attached hydrogens (tertiary/aromatic N) is 6. The summed E-state index contributed by atoms with van der Waals surface area (Å²) in [6, 6.07) is 4.79. The van der Waals surface area contributed by atoms with Gasteiger partial charge in [0.15, 0.2) is 5.67 Å². The molecule has 4 aromatic rings. The van der Waals surface area contributed by atoms with Gasteiger partial charge in [0.2, 0.25) is 0 Å². The summed E-state index contributed by atoms with van der Waals surface area (Å²) in [5.74, 6) is -1.04. The number of imidazole rings is 1. The fourth-order valence-corrected chi connectivity index (χ4v) is 3.82. The molecule has 11 heteroatoms. The van der Waals surface area contributed by atoms with Crippen molar-refractivity contribution >= 4 is 23.0 Å². The first kappa shape index (κ1) is 18.7. The third-order valence-corrected chi connectivity index (χ3v) is 5.37. The Hall–Kier alpha value is -3.27. The predicted octanol–water partition coefficient (Wildman–Crippen LogP) is 3.09. The molecular formula is C19H17ClFN7O2. The van der Waals surface area contributed by atoms with Gasteiger partial charge < -0.3 is 14.3 Å². The van der Waals surface area contributed by atoms with Gasteiger partial charge in [-0.2, -0.15) is 5.10 Å². The zero-order valence-electron chi connectivity index (χ0n) is 16.1. The first-order valence-corrected chi connectivity index (χ1v) is 9.70. The molecule has 9 nitrogen and oxygen atoms in total. The average molecular weight is 430 g/mol. The largest absolute Gasteiger partial charge is 0.413 e. The smallest absolute Gasteiger partial charge is 0.312 e. The molecule has 1 atom stereocenters. The molecule has 30 heavy (non-hydrogen) atoms. The molecule has 0 aliphatic carbocycles. The van der Waals surface area contributed by atoms with Crippen molar-refractivity contribution in [1.82, 2.24) is 34.7 Å². The predicted molar refractivity (Wildman–Crippen MR) is 104 cm³/mol. The van der Waals surface area contributed by atoms with E-state index in [2.05, 4.69) is 25.3 Å². The molecule has 1 amide bonds. The van der Waals surface area contributed by atoms with Crippen molar-refractivity contribution in [3.05, 3.63) is 64.6 Å². The van der Waals surface area contributed by atoms with Crippen LogP contribution in [0.4, 0.5) is 4.39 Å². The van der Waals surface area contributed by atoms with Gasteiger partial charge >= 0.3 is 11.8 Å². The molecule has 0 unspecified atom stereocenters. The van der Waals surface area contributed by atoms with Crippen molar-refractivity contribution in [2.75, 3.05) is 6.54 Å². The summed E-state index contributed by atoms with van der Waals surface area (Å²) in [6.07, 6.45) is 3.94. The number of H-pyrrole nitrogens is 1. The Morgan fingerprint density at radius 3 is 2.97 bits per heavy atom. The number of alkyl halides is 1. The first-order valence-electron chi connectivity index (χ1n) is 9.33. The highest BCUT2D eigenvalue weighted by atomic mass is 35.5. The molecular weight excluding hydrogens is 413 g/mol. The van der Waals surface area contributed by atoms with Crippen LogP contribution < -0.4 is 0 Å². The number of carbonyl (C=O) groups excluding carboxylic acids is 1. The van der Waals surface area contributed by atoms with E-state index in [1.54, 1.807) is 34.1 Å². The number of amides is 1. The summed E-state index contributed by atoms with van der Waals surface area (Å²) in [4.78, 5) is 22.3. The Morgan fingerprint density at radius 2 is 2.23 bits per heavy atom. The molecule has 1 aliphatic rings. The van der Waals surface area contributed by atoms with E-state index in [-0.39, 0.29) is 11.8 Å². The van der Waals surface area contributed by atoms with Gasteiger partial charge in [0.05, 0.1) is 28.3 Å². The van der Waals surface area contributed by atoms with Gasteiger partial charge in [-0.05, 0) is 32.0 Å². The lowest BCUT2D eigenvalue weighted by Crippen LogP contribution is -2.41. The second kappa shape index (κ2) is 6.63. The quantitative estimate of drug-likeness (QED) is 0.536. The van der Waals surface area contributed by atoms with Crippen LogP contribution in [0, 0.1) is 0 Å². The molecule has 0 fully saturated rings. The Kier molecular flexibility index (Phi) is 4.14. The highest BCUT2D eigenvalue weighted by molar-refractivity contribution is 6.33. The molecule has 0 spiro atoms. The second-order valence-electron chi connectivity index (χ2n) is 7.56. The molecule has 0 saturated heterocycles. The van der Waals surface area contributed by atoms with E-state index < -0.39 is 17.6 Å². The monoisotopic (exact) mass is 429 g/mol. The normalized spacial score (nSPS) is 16.8. The van der Waals surface area contributed by atoms with Gasteiger partial charge in [0.1, 0.15) is 6.04 Å². The highest BCUT2D eigenvalue weighted by Gasteiger charge is 2.39. The number of rotatable bonds is 3. The van der Waals surface area contributed by atoms with Crippen LogP contribution >= 0.6 is 11.6 Å². The minimum Gasteiger partial charge on any atom is -0.413 e. The van der Waals surface area contributed by atoms with Crippen molar-refractivity contribution in [2.24, 2.45) is 0 Å². The van der Waals surface area contributed by atoms with Gasteiger partial charge in [0, 0.05) is 24.9 Å². The van der Waals surface area contributed by atoms with Gasteiger partial charge in [-0.25, -0.2) is 13.9 Å². The Bertz CT molecular complexity index is 1260. The van der Waals surface area contributed by atoms with Gasteiger partial charge in [-0.3, -0.25) is 4.79 Å². The minimum absolute atomic E-state index is 0.251. The average Bonchev–Trinajstić information content (AvgIpc) is 3.44. The van der Waals surface area contributed by atoms with Crippen LogP contribution in [0.5, 0.6) is 0 Å². The lowest BCUT2D eigenvalue weighted by Gasteiger charge is -2.32. The Morgan fingerprint density at radius 1 is 1.40 bits per heavy atom. The zero-order valence-corrected chi connectivity index (χ0v) is 16.9. The van der Waals surface area contributed by atoms with Gasteiger partial charge in [0.25, 0.3) is 5.89 Å². The number of pyridine rings is 1. The summed E-state index contributed by atoms with van der Waals surface area (Å²) in [5, 5.41) is 12.6. The maximum absolute atomic E-state index is 14.1. The molecule has 0 saturated carbocycles. The summed E-state index contributed by atoms with van der Waals surface area (Å²) in [5.41, 5.74) is 1.06. The van der Waals surface area contributed by atoms with Crippen molar-refractivity contribution in [1.29, 1.82) is 0 Å². The maximum atomic E-state index is 14.1. The van der Waals surface area contributed by atoms with E-state index in [1.165, 1.54) is 13.8 Å². The standard InChI is InChI=1S/C19H17ClFN7O2/c1-19(2,21)18-25-24-16(30-18)17(29)27-7-5-11-14(23-9-22-11)15(27)12-8-13-10(20)4-3-6-28(13)26-12/h3-4,6,8-9,15H,5,7H2,1-2H3,(H,22,23)/t15-/m1/s1. The summed E-state index contributed by atoms with van der Waals surface area (Å²) >= 11 is 6.30. The third-order valence-electron chi connectivity index (χ3n) is 5.05. The molecule has 4 aromatic heterocycles. The molecule has 0 bridgehead atoms. The number of halogens is 2. The van der Waals surface area contributed by atoms with Crippen LogP contribution in [-0.4, -0.2) is 47.1 Å². The minimum atomic E-state index is -1.85. The summed E-state index contributed by atoms with van der Waals surface area (Å²) in [7, 11) is 0. The molecule has 0 aromatic carbocycles. The molecule has 5 heterocycles. The van der Waals surface area contributed by atoms with Gasteiger partial charge in [-0.1, -0.05) is 11.6 Å². The summed E-state index contributed by atoms with van der Waals surface area (Å²) in [6.45, 7) is 2.95. The van der Waals surface area contributed by atoms with E-state index in [1.807, 2.05) is 6.07 Å². The number of carbonyl (C=O) groups is 1. The van der Waals surface area contributed by atoms with E-state index in [0.29, 0.717) is 34.9 Å². The SMILES string of the molecule is CC(C)(F)c1nnc(C(=O)N2CCc3[nH]cnc3[C@H]2c2cc3c(Cl)cccn3n2)o1. The molecule has 154 valence electrons. The molecule has 5 rings (SSSR count). The highest BCUT2D eigenvalue weighted by Crippen LogP contribution is 2.35. The number of hydrogen-bond acceptors (Lipinski definition) is 6. The van der Waals surface area contributed by atoms with Crippen molar-refractivity contribution in [2.45, 2.75) is 32.0 Å². The number of hydrogen-bond donors (Lipinski definition) is 1. The van der Waals surface area contributed by atoms with Crippen molar-refractivity contribution in [3.63, 3.8) is 0 Å². The van der Waals surface area contributed by atoms with Crippen LogP contribution in [0.1, 0.15) is 53.5 Å². The topological polar surface area (TPSA) is 105 Å². The van der Waals surface area contributed by atoms with Crippen LogP contribution in [0.2, 0.25) is 5.02 Å². The third kappa shape index (κ3) is 2.95. The Labute approximate surface area is 174 Å². The zero-order chi connectivity index (χ0) is 21.0. The molecule has 1 aliphatic heterocycles. The fourth-order valence-electron chi connectivity index (χ4n) is 3.60. The van der Waals surface area contributed by atoms with E-state index in [4.69, 9.17) is 16.0 Å². The van der Waals surface area contributed by atoms with Gasteiger partial charge in [-0.15, -0.1) is 10.2 Å². The lowest BCUT2D eigenvalue weighted by molar-refractivity contribution is 0.0636. The van der Waals surface area contributed by atoms with Crippen molar-refractivity contribution < 1.29 is 13.6 Å². The maximum Gasteiger partial charge on any atom is 0.312 e. The van der Waals surface area contributed by atoms with Crippen LogP contribution in [0.15, 0.2) is 35.1 Å². The first-order chi connectivity index (χ1) is 14.3. The number of aromatic nitrogens is 6. The fraction of sp³-hybridized carbons (Fsp3) is 0.316. The van der Waals surface area contributed by atoms with Crippen LogP contribution in [0.25, 0.3) is 5.52 Å². The number of aromatic amines is 1. The van der Waals surface area contributed by atoms with Crippen molar-refractivity contribution in [3.8, 4) is 0 Å². The summed E-state index contributed by atoms with van der Waals surface area (Å²) < 4.78 is 21.1.